The van der Waals surface area contributed by atoms with E-state index in [0.717, 1.165) is 15.4 Å². The minimum atomic E-state index is -0.748. The summed E-state index contributed by atoms with van der Waals surface area (Å²) < 4.78 is 12.7. The summed E-state index contributed by atoms with van der Waals surface area (Å²) in [5.74, 6) is -0.469. The molecule has 0 saturated carbocycles. The molecule has 0 spiro atoms. The number of halogens is 2. The van der Waals surface area contributed by atoms with Crippen LogP contribution in [0.15, 0.2) is 103 Å². The molecule has 4 aromatic carbocycles. The second-order valence-electron chi connectivity index (χ2n) is 8.94. The van der Waals surface area contributed by atoms with Crippen LogP contribution in [0.4, 0.5) is 16.2 Å². The van der Waals surface area contributed by atoms with E-state index in [0.29, 0.717) is 43.6 Å². The third-order valence-electron chi connectivity index (χ3n) is 6.25. The van der Waals surface area contributed by atoms with Crippen molar-refractivity contribution in [1.82, 2.24) is 0 Å². The van der Waals surface area contributed by atoms with E-state index in [9.17, 15) is 14.4 Å². The topological polar surface area (TPSA) is 76.2 Å². The van der Waals surface area contributed by atoms with Crippen LogP contribution in [0.5, 0.6) is 11.5 Å². The number of urea groups is 1. The van der Waals surface area contributed by atoms with Crippen molar-refractivity contribution in [3.63, 3.8) is 0 Å². The predicted molar refractivity (Wildman–Crippen MR) is 167 cm³/mol. The zero-order valence-electron chi connectivity index (χ0n) is 21.9. The summed E-state index contributed by atoms with van der Waals surface area (Å²) in [4.78, 5) is 43.0. The number of imide groups is 2. The largest absolute Gasteiger partial charge is 0.490 e. The van der Waals surface area contributed by atoms with Gasteiger partial charge in [-0.3, -0.25) is 9.59 Å². The number of hydrogen-bond donors (Lipinski definition) is 0. The van der Waals surface area contributed by atoms with Crippen LogP contribution in [0.2, 0.25) is 5.02 Å². The van der Waals surface area contributed by atoms with Gasteiger partial charge in [0.2, 0.25) is 0 Å². The van der Waals surface area contributed by atoms with E-state index in [-0.39, 0.29) is 12.2 Å². The van der Waals surface area contributed by atoms with E-state index in [4.69, 9.17) is 21.1 Å². The number of amides is 4. The first kappa shape index (κ1) is 28.4. The van der Waals surface area contributed by atoms with Crippen LogP contribution in [0, 0.1) is 3.57 Å². The van der Waals surface area contributed by atoms with Gasteiger partial charge in [-0.05, 0) is 83.6 Å². The fourth-order valence-corrected chi connectivity index (χ4v) is 5.32. The van der Waals surface area contributed by atoms with Gasteiger partial charge in [0, 0.05) is 10.6 Å². The maximum atomic E-state index is 13.7. The SMILES string of the molecule is CCOc1cc(C=C2C(=O)N(c3ccccc3)C(=O)N(c3ccccc3)C2=O)cc(I)c1OCc1ccccc1Cl. The summed E-state index contributed by atoms with van der Waals surface area (Å²) in [6, 6.07) is 27.2. The second-order valence-corrected chi connectivity index (χ2v) is 10.5. The summed E-state index contributed by atoms with van der Waals surface area (Å²) in [7, 11) is 0. The lowest BCUT2D eigenvalue weighted by molar-refractivity contribution is -0.121. The maximum absolute atomic E-state index is 13.7. The highest BCUT2D eigenvalue weighted by molar-refractivity contribution is 14.1. The Kier molecular flexibility index (Phi) is 8.70. The molecule has 9 heteroatoms. The van der Waals surface area contributed by atoms with Crippen molar-refractivity contribution in [1.29, 1.82) is 0 Å². The Morgan fingerprint density at radius 1 is 0.780 bits per heavy atom. The second kappa shape index (κ2) is 12.6. The zero-order valence-corrected chi connectivity index (χ0v) is 24.8. The highest BCUT2D eigenvalue weighted by atomic mass is 127. The number of nitrogens with zero attached hydrogens (tertiary/aromatic N) is 2. The molecule has 0 unspecified atom stereocenters. The van der Waals surface area contributed by atoms with Gasteiger partial charge in [0.25, 0.3) is 11.8 Å². The lowest BCUT2D eigenvalue weighted by Gasteiger charge is -2.34. The van der Waals surface area contributed by atoms with Crippen molar-refractivity contribution in [2.24, 2.45) is 0 Å². The summed E-state index contributed by atoms with van der Waals surface area (Å²) in [6.07, 6.45) is 1.48. The number of anilines is 2. The Labute approximate surface area is 256 Å². The summed E-state index contributed by atoms with van der Waals surface area (Å²) in [6.45, 7) is 2.45. The first-order valence-corrected chi connectivity index (χ1v) is 14.2. The van der Waals surface area contributed by atoms with Crippen molar-refractivity contribution in [3.05, 3.63) is 122 Å². The Morgan fingerprint density at radius 3 is 1.90 bits per heavy atom. The Morgan fingerprint density at radius 2 is 1.34 bits per heavy atom. The minimum absolute atomic E-state index is 0.166. The third kappa shape index (κ3) is 5.98. The van der Waals surface area contributed by atoms with Gasteiger partial charge in [0.1, 0.15) is 12.2 Å². The number of carbonyl (C=O) groups is 3. The normalized spacial score (nSPS) is 13.4. The van der Waals surface area contributed by atoms with Crippen molar-refractivity contribution >= 4 is 69.5 Å². The molecule has 0 N–H and O–H groups in total. The molecular formula is C32H24ClIN2O5. The molecule has 5 rings (SSSR count). The van der Waals surface area contributed by atoms with Gasteiger partial charge < -0.3 is 9.47 Å². The zero-order chi connectivity index (χ0) is 28.9. The molecule has 0 bridgehead atoms. The van der Waals surface area contributed by atoms with Crippen LogP contribution in [0.1, 0.15) is 18.1 Å². The van der Waals surface area contributed by atoms with Crippen LogP contribution in [0.3, 0.4) is 0 Å². The number of para-hydroxylation sites is 2. The number of benzene rings is 4. The van der Waals surface area contributed by atoms with Gasteiger partial charge in [0.15, 0.2) is 11.5 Å². The van der Waals surface area contributed by atoms with Crippen molar-refractivity contribution in [2.45, 2.75) is 13.5 Å². The molecule has 1 aliphatic rings. The van der Waals surface area contributed by atoms with Gasteiger partial charge in [-0.25, -0.2) is 14.6 Å². The number of carbonyl (C=O) groups excluding carboxylic acids is 3. The molecule has 0 atom stereocenters. The Hall–Kier alpha value is -4.15. The van der Waals surface area contributed by atoms with E-state index in [2.05, 4.69) is 22.6 Å². The monoisotopic (exact) mass is 678 g/mol. The number of rotatable bonds is 8. The highest BCUT2D eigenvalue weighted by Crippen LogP contribution is 2.37. The van der Waals surface area contributed by atoms with Crippen LogP contribution in [0.25, 0.3) is 6.08 Å². The fraction of sp³-hybridized carbons (Fsp3) is 0.0938. The van der Waals surface area contributed by atoms with Gasteiger partial charge >= 0.3 is 6.03 Å². The molecule has 1 fully saturated rings. The highest BCUT2D eigenvalue weighted by Gasteiger charge is 2.43. The average Bonchev–Trinajstić information content (AvgIpc) is 2.97. The number of hydrogen-bond acceptors (Lipinski definition) is 5. The molecule has 4 aromatic rings. The molecule has 1 heterocycles. The van der Waals surface area contributed by atoms with E-state index in [1.165, 1.54) is 6.08 Å². The predicted octanol–water partition coefficient (Wildman–Crippen LogP) is 7.51. The first-order chi connectivity index (χ1) is 19.9. The van der Waals surface area contributed by atoms with Crippen LogP contribution in [-0.4, -0.2) is 24.5 Å². The maximum Gasteiger partial charge on any atom is 0.343 e. The fourth-order valence-electron chi connectivity index (χ4n) is 4.35. The van der Waals surface area contributed by atoms with E-state index in [1.807, 2.05) is 25.1 Å². The van der Waals surface area contributed by atoms with E-state index < -0.39 is 17.8 Å². The van der Waals surface area contributed by atoms with Crippen LogP contribution >= 0.6 is 34.2 Å². The average molecular weight is 679 g/mol. The third-order valence-corrected chi connectivity index (χ3v) is 7.42. The van der Waals surface area contributed by atoms with Gasteiger partial charge in [-0.15, -0.1) is 0 Å². The smallest absolute Gasteiger partial charge is 0.343 e. The number of barbiturate groups is 1. The van der Waals surface area contributed by atoms with Crippen molar-refractivity contribution < 1.29 is 23.9 Å². The van der Waals surface area contributed by atoms with E-state index >= 15 is 0 Å². The lowest BCUT2D eigenvalue weighted by Crippen LogP contribution is -2.57. The van der Waals surface area contributed by atoms with Gasteiger partial charge in [0.05, 0.1) is 21.6 Å². The molecule has 0 aromatic heterocycles. The van der Waals surface area contributed by atoms with Crippen LogP contribution in [-0.2, 0) is 16.2 Å². The first-order valence-electron chi connectivity index (χ1n) is 12.8. The van der Waals surface area contributed by atoms with Gasteiger partial charge in [-0.1, -0.05) is 66.2 Å². The number of ether oxygens (including phenoxy) is 2. The minimum Gasteiger partial charge on any atom is -0.490 e. The molecule has 0 radical (unpaired) electrons. The molecule has 1 aliphatic heterocycles. The Bertz CT molecular complexity index is 1580. The van der Waals surface area contributed by atoms with Crippen molar-refractivity contribution in [2.75, 3.05) is 16.4 Å². The molecule has 1 saturated heterocycles. The van der Waals surface area contributed by atoms with Gasteiger partial charge in [-0.2, -0.15) is 0 Å². The Balaban J connectivity index is 1.56. The standard InChI is InChI=1S/C32H24ClIN2O5/c1-2-40-28-19-21(18-27(34)29(28)41-20-22-11-9-10-16-26(22)33)17-25-30(37)35(23-12-5-3-6-13-23)32(39)36(31(25)38)24-14-7-4-8-15-24/h3-19H,2,20H2,1H3. The summed E-state index contributed by atoms with van der Waals surface area (Å²) >= 11 is 8.42. The molecule has 206 valence electrons. The molecule has 7 nitrogen and oxygen atoms in total. The van der Waals surface area contributed by atoms with Crippen molar-refractivity contribution in [3.8, 4) is 11.5 Å². The lowest BCUT2D eigenvalue weighted by atomic mass is 10.0. The quantitative estimate of drug-likeness (QED) is 0.110. The molecule has 0 aliphatic carbocycles. The summed E-state index contributed by atoms with van der Waals surface area (Å²) in [5.41, 5.74) is 1.91. The molecule has 4 amide bonds. The molecule has 41 heavy (non-hydrogen) atoms. The molecular weight excluding hydrogens is 655 g/mol. The summed E-state index contributed by atoms with van der Waals surface area (Å²) in [5, 5.41) is 0.594. The van der Waals surface area contributed by atoms with Crippen LogP contribution < -0.4 is 19.3 Å². The van der Waals surface area contributed by atoms with E-state index in [1.54, 1.807) is 78.9 Å².